The highest BCUT2D eigenvalue weighted by Crippen LogP contribution is 2.29. The first kappa shape index (κ1) is 14.3. The molecular formula is C14H17FN2O3. The second kappa shape index (κ2) is 5.92. The lowest BCUT2D eigenvalue weighted by Gasteiger charge is -2.11. The molecule has 0 aliphatic heterocycles. The first-order valence-corrected chi connectivity index (χ1v) is 6.29. The van der Waals surface area contributed by atoms with Crippen LogP contribution >= 0.6 is 0 Å². The summed E-state index contributed by atoms with van der Waals surface area (Å²) in [5, 5.41) is 3.55. The highest BCUT2D eigenvalue weighted by molar-refractivity contribution is 6.00. The number of ether oxygens (including phenoxy) is 2. The second-order valence-electron chi connectivity index (χ2n) is 4.24. The molecule has 2 aromatic rings. The van der Waals surface area contributed by atoms with E-state index in [0.29, 0.717) is 22.3 Å². The fourth-order valence-corrected chi connectivity index (χ4v) is 2.21. The monoisotopic (exact) mass is 280 g/mol. The molecule has 6 heteroatoms. The zero-order valence-corrected chi connectivity index (χ0v) is 11.7. The van der Waals surface area contributed by atoms with Gasteiger partial charge in [-0.05, 0) is 25.1 Å². The number of nitrogens with one attached hydrogen (secondary N) is 1. The third kappa shape index (κ3) is 2.46. The van der Waals surface area contributed by atoms with Gasteiger partial charge in [0.15, 0.2) is 0 Å². The number of carbonyl (C=O) groups is 1. The van der Waals surface area contributed by atoms with Gasteiger partial charge in [-0.1, -0.05) is 0 Å². The van der Waals surface area contributed by atoms with Crippen LogP contribution in [0.3, 0.4) is 0 Å². The number of esters is 1. The fourth-order valence-electron chi connectivity index (χ4n) is 2.21. The lowest BCUT2D eigenvalue weighted by molar-refractivity contribution is 0.0496. The van der Waals surface area contributed by atoms with E-state index in [9.17, 15) is 9.18 Å². The number of hydrogen-bond donors (Lipinski definition) is 1. The largest absolute Gasteiger partial charge is 0.461 e. The van der Waals surface area contributed by atoms with Crippen LogP contribution < -0.4 is 5.32 Å². The molecule has 2 rings (SSSR count). The van der Waals surface area contributed by atoms with Crippen LogP contribution in [0.1, 0.15) is 17.4 Å². The Hall–Kier alpha value is -2.08. The minimum Gasteiger partial charge on any atom is -0.461 e. The fraction of sp³-hybridized carbons (Fsp3) is 0.357. The summed E-state index contributed by atoms with van der Waals surface area (Å²) in [6.45, 7) is 2.19. The smallest absolute Gasteiger partial charge is 0.355 e. The Morgan fingerprint density at radius 2 is 2.15 bits per heavy atom. The molecule has 1 aromatic carbocycles. The normalized spacial score (nSPS) is 10.8. The van der Waals surface area contributed by atoms with Crippen LogP contribution in [0, 0.1) is 5.82 Å². The van der Waals surface area contributed by atoms with Crippen molar-refractivity contribution in [1.82, 2.24) is 4.57 Å². The maximum atomic E-state index is 13.6. The molecule has 0 aliphatic carbocycles. The molecule has 20 heavy (non-hydrogen) atoms. The van der Waals surface area contributed by atoms with Gasteiger partial charge in [0.1, 0.15) is 18.2 Å². The summed E-state index contributed by atoms with van der Waals surface area (Å²) >= 11 is 0. The van der Waals surface area contributed by atoms with Gasteiger partial charge in [-0.3, -0.25) is 0 Å². The maximum absolute atomic E-state index is 13.6. The van der Waals surface area contributed by atoms with Gasteiger partial charge in [-0.25, -0.2) is 9.18 Å². The predicted molar refractivity (Wildman–Crippen MR) is 74.4 cm³/mol. The summed E-state index contributed by atoms with van der Waals surface area (Å²) < 4.78 is 25.4. The number of rotatable bonds is 5. The Kier molecular flexibility index (Phi) is 4.24. The van der Waals surface area contributed by atoms with E-state index < -0.39 is 5.97 Å². The Balaban J connectivity index is 2.69. The van der Waals surface area contributed by atoms with E-state index in [4.69, 9.17) is 9.47 Å². The molecule has 0 amide bonds. The van der Waals surface area contributed by atoms with Crippen molar-refractivity contribution in [2.75, 3.05) is 26.1 Å². The molecule has 1 aromatic heterocycles. The van der Waals surface area contributed by atoms with Gasteiger partial charge in [0.25, 0.3) is 0 Å². The van der Waals surface area contributed by atoms with E-state index in [-0.39, 0.29) is 19.2 Å². The number of hydrogen-bond acceptors (Lipinski definition) is 4. The van der Waals surface area contributed by atoms with Crippen molar-refractivity contribution in [3.8, 4) is 0 Å². The highest BCUT2D eigenvalue weighted by Gasteiger charge is 2.19. The van der Waals surface area contributed by atoms with Crippen LogP contribution in [0.15, 0.2) is 18.2 Å². The van der Waals surface area contributed by atoms with Gasteiger partial charge in [-0.15, -0.1) is 0 Å². The highest BCUT2D eigenvalue weighted by atomic mass is 19.1. The van der Waals surface area contributed by atoms with Gasteiger partial charge in [0.05, 0.1) is 17.8 Å². The van der Waals surface area contributed by atoms with E-state index >= 15 is 0 Å². The SMILES string of the molecule is CCOC(=O)c1cc2cc(F)cc(NC)c2n1COC. The van der Waals surface area contributed by atoms with Crippen LogP contribution in [-0.2, 0) is 16.2 Å². The van der Waals surface area contributed by atoms with Gasteiger partial charge in [0, 0.05) is 19.5 Å². The molecule has 1 N–H and O–H groups in total. The summed E-state index contributed by atoms with van der Waals surface area (Å²) in [6, 6.07) is 4.37. The summed E-state index contributed by atoms with van der Waals surface area (Å²) in [5.74, 6) is -0.824. The van der Waals surface area contributed by atoms with Crippen LogP contribution in [0.25, 0.3) is 10.9 Å². The first-order valence-electron chi connectivity index (χ1n) is 6.29. The minimum atomic E-state index is -0.455. The molecule has 5 nitrogen and oxygen atoms in total. The Labute approximate surface area is 116 Å². The quantitative estimate of drug-likeness (QED) is 0.855. The zero-order valence-electron chi connectivity index (χ0n) is 11.7. The molecule has 0 spiro atoms. The van der Waals surface area contributed by atoms with Crippen molar-refractivity contribution < 1.29 is 18.7 Å². The molecule has 0 bridgehead atoms. The number of benzene rings is 1. The number of methoxy groups -OCH3 is 1. The van der Waals surface area contributed by atoms with Crippen molar-refractivity contribution in [2.24, 2.45) is 0 Å². The molecule has 108 valence electrons. The molecule has 0 unspecified atom stereocenters. The Bertz CT molecular complexity index is 637. The molecule has 0 atom stereocenters. The average Bonchev–Trinajstić information content (AvgIpc) is 2.77. The van der Waals surface area contributed by atoms with Gasteiger partial charge >= 0.3 is 5.97 Å². The van der Waals surface area contributed by atoms with Crippen molar-refractivity contribution in [3.63, 3.8) is 0 Å². The van der Waals surface area contributed by atoms with Crippen LogP contribution in [0.2, 0.25) is 0 Å². The maximum Gasteiger partial charge on any atom is 0.355 e. The van der Waals surface area contributed by atoms with E-state index in [1.54, 1.807) is 24.6 Å². The first-order chi connectivity index (χ1) is 9.62. The second-order valence-corrected chi connectivity index (χ2v) is 4.24. The van der Waals surface area contributed by atoms with Crippen molar-refractivity contribution in [2.45, 2.75) is 13.7 Å². The molecule has 1 heterocycles. The van der Waals surface area contributed by atoms with Crippen molar-refractivity contribution >= 4 is 22.6 Å². The topological polar surface area (TPSA) is 52.5 Å². The van der Waals surface area contributed by atoms with Crippen LogP contribution in [0.5, 0.6) is 0 Å². The van der Waals surface area contributed by atoms with Crippen molar-refractivity contribution in [1.29, 1.82) is 0 Å². The molecule has 0 fully saturated rings. The molecule has 0 radical (unpaired) electrons. The summed E-state index contributed by atoms with van der Waals surface area (Å²) in [4.78, 5) is 12.0. The molecular weight excluding hydrogens is 263 g/mol. The average molecular weight is 280 g/mol. The number of anilines is 1. The summed E-state index contributed by atoms with van der Waals surface area (Å²) in [7, 11) is 3.23. The third-order valence-electron chi connectivity index (χ3n) is 2.97. The van der Waals surface area contributed by atoms with E-state index in [2.05, 4.69) is 5.32 Å². The van der Waals surface area contributed by atoms with Crippen molar-refractivity contribution in [3.05, 3.63) is 29.7 Å². The zero-order chi connectivity index (χ0) is 14.7. The van der Waals surface area contributed by atoms with Crippen LogP contribution in [0.4, 0.5) is 10.1 Å². The Morgan fingerprint density at radius 3 is 2.75 bits per heavy atom. The molecule has 0 saturated heterocycles. The number of fused-ring (bicyclic) bond motifs is 1. The molecule has 0 saturated carbocycles. The third-order valence-corrected chi connectivity index (χ3v) is 2.97. The van der Waals surface area contributed by atoms with Gasteiger partial charge < -0.3 is 19.4 Å². The standard InChI is InChI=1S/C14H17FN2O3/c1-4-20-14(18)12-6-9-5-10(15)7-11(16-2)13(9)17(12)8-19-3/h5-7,16H,4,8H2,1-3H3. The van der Waals surface area contributed by atoms with E-state index in [1.165, 1.54) is 19.2 Å². The number of carbonyl (C=O) groups excluding carboxylic acids is 1. The van der Waals surface area contributed by atoms with E-state index in [0.717, 1.165) is 0 Å². The van der Waals surface area contributed by atoms with Gasteiger partial charge in [-0.2, -0.15) is 0 Å². The lowest BCUT2D eigenvalue weighted by atomic mass is 10.2. The van der Waals surface area contributed by atoms with Gasteiger partial charge in [0.2, 0.25) is 0 Å². The number of aromatic nitrogens is 1. The lowest BCUT2D eigenvalue weighted by Crippen LogP contribution is -2.13. The van der Waals surface area contributed by atoms with E-state index in [1.807, 2.05) is 0 Å². The Morgan fingerprint density at radius 1 is 1.40 bits per heavy atom. The number of nitrogens with zero attached hydrogens (tertiary/aromatic N) is 1. The summed E-state index contributed by atoms with van der Waals surface area (Å²) in [6.07, 6.45) is 0. The van der Waals surface area contributed by atoms with Crippen LogP contribution in [-0.4, -0.2) is 31.3 Å². The minimum absolute atomic E-state index is 0.179. The summed E-state index contributed by atoms with van der Waals surface area (Å²) in [5.41, 5.74) is 1.64. The predicted octanol–water partition coefficient (Wildman–Crippen LogP) is 2.60. The number of halogens is 1. The molecule has 0 aliphatic rings.